The molecule has 0 fully saturated rings. The number of aliphatic hydroxyl groups excluding tert-OH is 1. The molecule has 0 bridgehead atoms. The van der Waals surface area contributed by atoms with Gasteiger partial charge < -0.3 is 10.4 Å². The molecule has 104 valence electrons. The molecule has 2 atom stereocenters. The van der Waals surface area contributed by atoms with Gasteiger partial charge in [0.2, 0.25) is 0 Å². The van der Waals surface area contributed by atoms with Gasteiger partial charge in [0.05, 0.1) is 6.61 Å². The molecule has 2 N–H and O–H groups in total. The Kier molecular flexibility index (Phi) is 5.58. The van der Waals surface area contributed by atoms with Gasteiger partial charge in [-0.2, -0.15) is 0 Å². The second-order valence-corrected chi connectivity index (χ2v) is 7.06. The summed E-state index contributed by atoms with van der Waals surface area (Å²) < 4.78 is 0. The maximum absolute atomic E-state index is 9.51. The fourth-order valence-corrected chi connectivity index (χ4v) is 3.61. The number of nitrogens with one attached hydrogen (secondary N) is 1. The van der Waals surface area contributed by atoms with E-state index in [-0.39, 0.29) is 12.6 Å². The summed E-state index contributed by atoms with van der Waals surface area (Å²) >= 11 is 3.57. The van der Waals surface area contributed by atoms with E-state index in [0.29, 0.717) is 12.0 Å². The Labute approximate surface area is 123 Å². The molecular formula is C15H21NOS2. The van der Waals surface area contributed by atoms with Crippen molar-refractivity contribution in [3.05, 3.63) is 44.8 Å². The van der Waals surface area contributed by atoms with Crippen LogP contribution in [0.2, 0.25) is 0 Å². The van der Waals surface area contributed by atoms with Gasteiger partial charge in [-0.05, 0) is 28.8 Å². The zero-order valence-corrected chi connectivity index (χ0v) is 13.0. The predicted molar refractivity (Wildman–Crippen MR) is 83.9 cm³/mol. The van der Waals surface area contributed by atoms with Crippen LogP contribution in [0.4, 0.5) is 0 Å². The second-order valence-electron chi connectivity index (χ2n) is 5.05. The Bertz CT molecular complexity index is 450. The molecule has 2 aromatic rings. The summed E-state index contributed by atoms with van der Waals surface area (Å²) in [6, 6.07) is 8.97. The van der Waals surface area contributed by atoms with Crippen molar-refractivity contribution in [2.45, 2.75) is 32.4 Å². The highest BCUT2D eigenvalue weighted by molar-refractivity contribution is 7.10. The standard InChI is InChI=1S/C15H21NOS2/c1-11(2)14(10-17)16-13(15-6-4-8-19-15)9-12-5-3-7-18-12/h3-8,11,13-14,16-17H,9-10H2,1-2H3. The van der Waals surface area contributed by atoms with Crippen LogP contribution in [-0.2, 0) is 6.42 Å². The molecular weight excluding hydrogens is 274 g/mol. The molecule has 2 heterocycles. The van der Waals surface area contributed by atoms with Gasteiger partial charge in [0.1, 0.15) is 0 Å². The van der Waals surface area contributed by atoms with E-state index >= 15 is 0 Å². The quantitative estimate of drug-likeness (QED) is 0.816. The van der Waals surface area contributed by atoms with E-state index < -0.39 is 0 Å². The van der Waals surface area contributed by atoms with Gasteiger partial charge in [0, 0.05) is 28.3 Å². The average Bonchev–Trinajstić information content (AvgIpc) is 3.06. The topological polar surface area (TPSA) is 32.3 Å². The summed E-state index contributed by atoms with van der Waals surface area (Å²) in [5, 5.41) is 17.4. The van der Waals surface area contributed by atoms with Crippen molar-refractivity contribution in [3.8, 4) is 0 Å². The third-order valence-electron chi connectivity index (χ3n) is 3.29. The minimum Gasteiger partial charge on any atom is -0.395 e. The van der Waals surface area contributed by atoms with E-state index in [9.17, 15) is 5.11 Å². The van der Waals surface area contributed by atoms with Crippen molar-refractivity contribution < 1.29 is 5.11 Å². The zero-order valence-electron chi connectivity index (χ0n) is 11.4. The number of hydrogen-bond acceptors (Lipinski definition) is 4. The van der Waals surface area contributed by atoms with Crippen molar-refractivity contribution in [3.63, 3.8) is 0 Å². The predicted octanol–water partition coefficient (Wildman–Crippen LogP) is 3.70. The Morgan fingerprint density at radius 2 is 1.89 bits per heavy atom. The van der Waals surface area contributed by atoms with Crippen LogP contribution in [0.3, 0.4) is 0 Å². The fraction of sp³-hybridized carbons (Fsp3) is 0.467. The number of thiophene rings is 2. The normalized spacial score (nSPS) is 14.7. The molecule has 0 aliphatic rings. The molecule has 2 rings (SSSR count). The summed E-state index contributed by atoms with van der Waals surface area (Å²) in [4.78, 5) is 2.72. The van der Waals surface area contributed by atoms with Crippen molar-refractivity contribution in [2.75, 3.05) is 6.61 Å². The molecule has 2 nitrogen and oxygen atoms in total. The van der Waals surface area contributed by atoms with Gasteiger partial charge in [-0.25, -0.2) is 0 Å². The highest BCUT2D eigenvalue weighted by Crippen LogP contribution is 2.26. The van der Waals surface area contributed by atoms with Gasteiger partial charge in [-0.3, -0.25) is 0 Å². The average molecular weight is 295 g/mol. The van der Waals surface area contributed by atoms with E-state index in [4.69, 9.17) is 0 Å². The zero-order chi connectivity index (χ0) is 13.7. The van der Waals surface area contributed by atoms with Gasteiger partial charge in [0.15, 0.2) is 0 Å². The largest absolute Gasteiger partial charge is 0.395 e. The van der Waals surface area contributed by atoms with Crippen LogP contribution in [-0.4, -0.2) is 17.8 Å². The summed E-state index contributed by atoms with van der Waals surface area (Å²) in [7, 11) is 0. The molecule has 0 spiro atoms. The summed E-state index contributed by atoms with van der Waals surface area (Å²) in [5.74, 6) is 0.427. The van der Waals surface area contributed by atoms with Crippen molar-refractivity contribution >= 4 is 22.7 Å². The first-order chi connectivity index (χ1) is 9.20. The number of rotatable bonds is 7. The lowest BCUT2D eigenvalue weighted by Crippen LogP contribution is -2.40. The van der Waals surface area contributed by atoms with Crippen LogP contribution in [0.25, 0.3) is 0 Å². The molecule has 0 aliphatic heterocycles. The smallest absolute Gasteiger partial charge is 0.0587 e. The summed E-state index contributed by atoms with van der Waals surface area (Å²) in [5.41, 5.74) is 0. The lowest BCUT2D eigenvalue weighted by Gasteiger charge is -2.26. The molecule has 0 amide bonds. The van der Waals surface area contributed by atoms with Crippen LogP contribution < -0.4 is 5.32 Å². The molecule has 0 radical (unpaired) electrons. The molecule has 19 heavy (non-hydrogen) atoms. The molecule has 2 aromatic heterocycles. The highest BCUT2D eigenvalue weighted by atomic mass is 32.1. The van der Waals surface area contributed by atoms with Crippen LogP contribution in [0, 0.1) is 5.92 Å². The Hall–Kier alpha value is -0.680. The van der Waals surface area contributed by atoms with Crippen LogP contribution in [0.5, 0.6) is 0 Å². The van der Waals surface area contributed by atoms with Crippen LogP contribution >= 0.6 is 22.7 Å². The van der Waals surface area contributed by atoms with E-state index in [2.05, 4.69) is 54.2 Å². The van der Waals surface area contributed by atoms with Gasteiger partial charge in [-0.1, -0.05) is 26.0 Å². The van der Waals surface area contributed by atoms with Crippen molar-refractivity contribution in [1.29, 1.82) is 0 Å². The minimum absolute atomic E-state index is 0.145. The molecule has 0 aromatic carbocycles. The lowest BCUT2D eigenvalue weighted by atomic mass is 10.0. The first kappa shape index (κ1) is 14.7. The Morgan fingerprint density at radius 1 is 1.16 bits per heavy atom. The van der Waals surface area contributed by atoms with Crippen LogP contribution in [0.15, 0.2) is 35.0 Å². The van der Waals surface area contributed by atoms with E-state index in [0.717, 1.165) is 6.42 Å². The SMILES string of the molecule is CC(C)C(CO)NC(Cc1cccs1)c1cccs1. The van der Waals surface area contributed by atoms with E-state index in [1.54, 1.807) is 22.7 Å². The lowest BCUT2D eigenvalue weighted by molar-refractivity contribution is 0.199. The summed E-state index contributed by atoms with van der Waals surface area (Å²) in [6.45, 7) is 4.47. The van der Waals surface area contributed by atoms with Crippen LogP contribution in [0.1, 0.15) is 29.6 Å². The van der Waals surface area contributed by atoms with Crippen molar-refractivity contribution in [2.24, 2.45) is 5.92 Å². The van der Waals surface area contributed by atoms with E-state index in [1.165, 1.54) is 9.75 Å². The van der Waals surface area contributed by atoms with Gasteiger partial charge in [-0.15, -0.1) is 22.7 Å². The Balaban J connectivity index is 2.10. The third kappa shape index (κ3) is 4.14. The molecule has 0 aliphatic carbocycles. The highest BCUT2D eigenvalue weighted by Gasteiger charge is 2.20. The van der Waals surface area contributed by atoms with Gasteiger partial charge >= 0.3 is 0 Å². The first-order valence-electron chi connectivity index (χ1n) is 6.63. The number of hydrogen-bond donors (Lipinski definition) is 2. The molecule has 2 unspecified atom stereocenters. The Morgan fingerprint density at radius 3 is 2.42 bits per heavy atom. The van der Waals surface area contributed by atoms with Crippen molar-refractivity contribution in [1.82, 2.24) is 5.32 Å². The molecule has 0 saturated heterocycles. The fourth-order valence-electron chi connectivity index (χ4n) is 2.08. The maximum atomic E-state index is 9.51. The van der Waals surface area contributed by atoms with Gasteiger partial charge in [0.25, 0.3) is 0 Å². The third-order valence-corrected chi connectivity index (χ3v) is 5.17. The first-order valence-corrected chi connectivity index (χ1v) is 8.39. The second kappa shape index (κ2) is 7.20. The minimum atomic E-state index is 0.145. The molecule has 0 saturated carbocycles. The number of aliphatic hydroxyl groups is 1. The summed E-state index contributed by atoms with van der Waals surface area (Å²) in [6.07, 6.45) is 0.987. The maximum Gasteiger partial charge on any atom is 0.0587 e. The monoisotopic (exact) mass is 295 g/mol. The van der Waals surface area contributed by atoms with E-state index in [1.807, 2.05) is 0 Å². The molecule has 4 heteroatoms.